The van der Waals surface area contributed by atoms with E-state index in [9.17, 15) is 9.59 Å². The van der Waals surface area contributed by atoms with Gasteiger partial charge in [0.1, 0.15) is 22.6 Å². The van der Waals surface area contributed by atoms with Gasteiger partial charge in [0.15, 0.2) is 5.78 Å². The SMILES string of the molecule is CCCc1n[nH]c2c(=O)n(C)c(-c3cc(C(=O)CN4CCOCC4)ccc3OC(C)C)nc12. The van der Waals surface area contributed by atoms with E-state index in [1.165, 1.54) is 4.57 Å². The van der Waals surface area contributed by atoms with Crippen LogP contribution in [-0.4, -0.2) is 69.4 Å². The predicted molar refractivity (Wildman–Crippen MR) is 126 cm³/mol. The molecule has 1 aliphatic heterocycles. The zero-order valence-electron chi connectivity index (χ0n) is 19.7. The summed E-state index contributed by atoms with van der Waals surface area (Å²) in [5, 5.41) is 7.14. The number of aromatic amines is 1. The van der Waals surface area contributed by atoms with Gasteiger partial charge < -0.3 is 9.47 Å². The number of nitrogens with zero attached hydrogens (tertiary/aromatic N) is 4. The summed E-state index contributed by atoms with van der Waals surface area (Å²) in [4.78, 5) is 33.1. The van der Waals surface area contributed by atoms with Crippen LogP contribution in [-0.2, 0) is 18.2 Å². The van der Waals surface area contributed by atoms with Crippen molar-refractivity contribution in [2.45, 2.75) is 39.7 Å². The Hall–Kier alpha value is -3.04. The minimum absolute atomic E-state index is 0.00954. The van der Waals surface area contributed by atoms with Crippen LogP contribution >= 0.6 is 0 Å². The summed E-state index contributed by atoms with van der Waals surface area (Å²) in [6.45, 7) is 8.99. The van der Waals surface area contributed by atoms with Crippen LogP contribution in [0.5, 0.6) is 5.75 Å². The lowest BCUT2D eigenvalue weighted by molar-refractivity contribution is 0.0371. The molecule has 9 nitrogen and oxygen atoms in total. The summed E-state index contributed by atoms with van der Waals surface area (Å²) in [6.07, 6.45) is 1.52. The molecule has 0 radical (unpaired) electrons. The topological polar surface area (TPSA) is 102 Å². The molecule has 1 aliphatic rings. The maximum absolute atomic E-state index is 13.1. The van der Waals surface area contributed by atoms with Crippen molar-refractivity contribution in [1.82, 2.24) is 24.6 Å². The average molecular weight is 454 g/mol. The fourth-order valence-electron chi connectivity index (χ4n) is 4.03. The highest BCUT2D eigenvalue weighted by Crippen LogP contribution is 2.31. The first-order valence-corrected chi connectivity index (χ1v) is 11.5. The molecular weight excluding hydrogens is 422 g/mol. The van der Waals surface area contributed by atoms with Crippen molar-refractivity contribution >= 4 is 16.8 Å². The van der Waals surface area contributed by atoms with Gasteiger partial charge in [0.05, 0.1) is 37.1 Å². The number of H-pyrrole nitrogens is 1. The summed E-state index contributed by atoms with van der Waals surface area (Å²) in [5.41, 5.74) is 2.67. The van der Waals surface area contributed by atoms with Crippen LogP contribution in [0.1, 0.15) is 43.2 Å². The van der Waals surface area contributed by atoms with Crippen molar-refractivity contribution < 1.29 is 14.3 Å². The van der Waals surface area contributed by atoms with Crippen LogP contribution in [0.3, 0.4) is 0 Å². The third-order valence-electron chi connectivity index (χ3n) is 5.73. The number of benzene rings is 1. The van der Waals surface area contributed by atoms with Gasteiger partial charge in [0, 0.05) is 25.7 Å². The van der Waals surface area contributed by atoms with Crippen molar-refractivity contribution in [3.63, 3.8) is 0 Å². The summed E-state index contributed by atoms with van der Waals surface area (Å²) < 4.78 is 12.9. The molecular formula is C24H31N5O4. The van der Waals surface area contributed by atoms with Crippen molar-refractivity contribution in [2.24, 2.45) is 7.05 Å². The molecule has 1 saturated heterocycles. The Kier molecular flexibility index (Phi) is 6.90. The lowest BCUT2D eigenvalue weighted by atomic mass is 10.0. The van der Waals surface area contributed by atoms with Gasteiger partial charge in [0.25, 0.3) is 5.56 Å². The number of carbonyl (C=O) groups excluding carboxylic acids is 1. The highest BCUT2D eigenvalue weighted by Gasteiger charge is 2.21. The molecule has 9 heteroatoms. The first kappa shape index (κ1) is 23.1. The molecule has 1 fully saturated rings. The summed E-state index contributed by atoms with van der Waals surface area (Å²) in [6, 6.07) is 5.36. The van der Waals surface area contributed by atoms with Crippen molar-refractivity contribution in [1.29, 1.82) is 0 Å². The van der Waals surface area contributed by atoms with E-state index in [2.05, 4.69) is 22.0 Å². The second-order valence-corrected chi connectivity index (χ2v) is 8.63. The number of ether oxygens (including phenoxy) is 2. The number of morpholine rings is 1. The van der Waals surface area contributed by atoms with Crippen LogP contribution in [0.2, 0.25) is 0 Å². The maximum Gasteiger partial charge on any atom is 0.279 e. The molecule has 0 amide bonds. The molecule has 0 aliphatic carbocycles. The van der Waals surface area contributed by atoms with E-state index < -0.39 is 0 Å². The Balaban J connectivity index is 1.80. The molecule has 2 aromatic heterocycles. The largest absolute Gasteiger partial charge is 0.490 e. The fourth-order valence-corrected chi connectivity index (χ4v) is 4.03. The molecule has 0 saturated carbocycles. The minimum atomic E-state index is -0.217. The predicted octanol–water partition coefficient (Wildman–Crippen LogP) is 2.58. The van der Waals surface area contributed by atoms with Gasteiger partial charge in [-0.25, -0.2) is 4.98 Å². The van der Waals surface area contributed by atoms with E-state index in [-0.39, 0.29) is 17.4 Å². The third-order valence-corrected chi connectivity index (χ3v) is 5.73. The van der Waals surface area contributed by atoms with E-state index in [4.69, 9.17) is 14.5 Å². The van der Waals surface area contributed by atoms with Crippen molar-refractivity contribution in [3.8, 4) is 17.1 Å². The number of hydrogen-bond acceptors (Lipinski definition) is 7. The molecule has 4 rings (SSSR count). The lowest BCUT2D eigenvalue weighted by Crippen LogP contribution is -2.39. The van der Waals surface area contributed by atoms with Gasteiger partial charge in [-0.3, -0.25) is 24.2 Å². The van der Waals surface area contributed by atoms with E-state index in [1.807, 2.05) is 13.8 Å². The van der Waals surface area contributed by atoms with Crippen LogP contribution in [0.15, 0.2) is 23.0 Å². The molecule has 0 unspecified atom stereocenters. The van der Waals surface area contributed by atoms with E-state index in [0.717, 1.165) is 25.2 Å². The van der Waals surface area contributed by atoms with Crippen molar-refractivity contribution in [3.05, 3.63) is 39.8 Å². The second kappa shape index (κ2) is 9.84. The first-order chi connectivity index (χ1) is 15.9. The standard InChI is InChI=1S/C24H31N5O4/c1-5-6-18-21-22(27-26-18)24(31)28(4)23(25-21)17-13-16(7-8-20(17)33-15(2)3)19(30)14-29-9-11-32-12-10-29/h7-8,13,15H,5-6,9-12,14H2,1-4H3,(H,26,27). The maximum atomic E-state index is 13.1. The number of hydrogen-bond donors (Lipinski definition) is 1. The Morgan fingerprint density at radius 3 is 2.73 bits per heavy atom. The number of Topliss-reactive ketones (excluding diaryl/α,β-unsaturated/α-hetero) is 1. The van der Waals surface area contributed by atoms with E-state index >= 15 is 0 Å². The van der Waals surface area contributed by atoms with Crippen molar-refractivity contribution in [2.75, 3.05) is 32.8 Å². The van der Waals surface area contributed by atoms with Gasteiger partial charge in [-0.15, -0.1) is 0 Å². The van der Waals surface area contributed by atoms with Crippen LogP contribution in [0, 0.1) is 0 Å². The van der Waals surface area contributed by atoms with Gasteiger partial charge in [-0.2, -0.15) is 5.10 Å². The average Bonchev–Trinajstić information content (AvgIpc) is 3.20. The molecule has 1 aromatic carbocycles. The third kappa shape index (κ3) is 4.84. The quantitative estimate of drug-likeness (QED) is 0.523. The number of aromatic nitrogens is 4. The molecule has 0 spiro atoms. The second-order valence-electron chi connectivity index (χ2n) is 8.63. The molecule has 176 valence electrons. The van der Waals surface area contributed by atoms with Crippen LogP contribution in [0.4, 0.5) is 0 Å². The fraction of sp³-hybridized carbons (Fsp3) is 0.500. The number of fused-ring (bicyclic) bond motifs is 1. The minimum Gasteiger partial charge on any atom is -0.490 e. The van der Waals surface area contributed by atoms with Gasteiger partial charge in [-0.05, 0) is 38.5 Å². The molecule has 0 atom stereocenters. The van der Waals surface area contributed by atoms with Gasteiger partial charge in [-0.1, -0.05) is 13.3 Å². The Labute approximate surface area is 192 Å². The molecule has 1 N–H and O–H groups in total. The number of rotatable bonds is 8. The normalized spacial score (nSPS) is 14.8. The molecule has 3 heterocycles. The monoisotopic (exact) mass is 453 g/mol. The Morgan fingerprint density at radius 2 is 2.03 bits per heavy atom. The van der Waals surface area contributed by atoms with Gasteiger partial charge in [0.2, 0.25) is 0 Å². The zero-order chi connectivity index (χ0) is 23.5. The Bertz CT molecular complexity index is 1210. The van der Waals surface area contributed by atoms with Crippen LogP contribution < -0.4 is 10.3 Å². The number of aryl methyl sites for hydroxylation is 1. The number of carbonyl (C=O) groups is 1. The Morgan fingerprint density at radius 1 is 1.27 bits per heavy atom. The highest BCUT2D eigenvalue weighted by atomic mass is 16.5. The van der Waals surface area contributed by atoms with Gasteiger partial charge >= 0.3 is 0 Å². The zero-order valence-corrected chi connectivity index (χ0v) is 19.7. The number of ketones is 1. The lowest BCUT2D eigenvalue weighted by Gasteiger charge is -2.26. The summed E-state index contributed by atoms with van der Waals surface area (Å²) in [7, 11) is 1.67. The summed E-state index contributed by atoms with van der Waals surface area (Å²) in [5.74, 6) is 1.04. The van der Waals surface area contributed by atoms with E-state index in [1.54, 1.807) is 25.2 Å². The smallest absolute Gasteiger partial charge is 0.279 e. The summed E-state index contributed by atoms with van der Waals surface area (Å²) >= 11 is 0. The first-order valence-electron chi connectivity index (χ1n) is 11.5. The number of nitrogens with one attached hydrogen (secondary N) is 1. The molecule has 3 aromatic rings. The highest BCUT2D eigenvalue weighted by molar-refractivity contribution is 5.99. The molecule has 0 bridgehead atoms. The molecule has 33 heavy (non-hydrogen) atoms. The van der Waals surface area contributed by atoms with Crippen LogP contribution in [0.25, 0.3) is 22.4 Å². The van der Waals surface area contributed by atoms with E-state index in [0.29, 0.717) is 59.9 Å².